The highest BCUT2D eigenvalue weighted by Crippen LogP contribution is 2.19. The average Bonchev–Trinajstić information content (AvgIpc) is 2.87. The molecule has 2 heterocycles. The summed E-state index contributed by atoms with van der Waals surface area (Å²) in [6.07, 6.45) is 3.27. The van der Waals surface area contributed by atoms with Gasteiger partial charge in [-0.15, -0.1) is 0 Å². The molecule has 2 N–H and O–H groups in total. The molecule has 7 nitrogen and oxygen atoms in total. The van der Waals surface area contributed by atoms with Crippen LogP contribution in [-0.4, -0.2) is 45.3 Å². The summed E-state index contributed by atoms with van der Waals surface area (Å²) in [6.45, 7) is 0.315. The maximum atomic E-state index is 11.8. The molecular formula is C10H13N3O4. The fraction of sp³-hybridized carbons (Fsp3) is 0.500. The highest BCUT2D eigenvalue weighted by atomic mass is 16.5. The minimum Gasteiger partial charge on any atom is -0.479 e. The molecule has 0 saturated carbocycles. The van der Waals surface area contributed by atoms with Crippen molar-refractivity contribution in [3.8, 4) is 0 Å². The molecule has 0 bridgehead atoms. The van der Waals surface area contributed by atoms with Gasteiger partial charge in [0.1, 0.15) is 5.69 Å². The van der Waals surface area contributed by atoms with Gasteiger partial charge in [0.05, 0.1) is 12.9 Å². The summed E-state index contributed by atoms with van der Waals surface area (Å²) in [7, 11) is 1.73. The normalized spacial score (nSPS) is 23.6. The number of nitrogens with one attached hydrogen (secondary N) is 1. The van der Waals surface area contributed by atoms with Crippen molar-refractivity contribution in [1.82, 2.24) is 14.9 Å². The molecule has 1 saturated heterocycles. The lowest BCUT2D eigenvalue weighted by atomic mass is 9.99. The molecule has 0 aliphatic carbocycles. The first-order valence-electron chi connectivity index (χ1n) is 5.15. The zero-order valence-electron chi connectivity index (χ0n) is 9.34. The van der Waals surface area contributed by atoms with E-state index in [1.807, 2.05) is 0 Å². The van der Waals surface area contributed by atoms with Crippen LogP contribution in [0.1, 0.15) is 16.9 Å². The van der Waals surface area contributed by atoms with E-state index in [9.17, 15) is 9.59 Å². The van der Waals surface area contributed by atoms with Gasteiger partial charge in [-0.05, 0) is 0 Å². The molecule has 1 aliphatic heterocycles. The molecule has 92 valence electrons. The fourth-order valence-corrected chi connectivity index (χ4v) is 1.70. The molecule has 1 aromatic rings. The summed E-state index contributed by atoms with van der Waals surface area (Å²) >= 11 is 0. The predicted molar refractivity (Wildman–Crippen MR) is 56.5 cm³/mol. The third-order valence-corrected chi connectivity index (χ3v) is 2.72. The Labute approximate surface area is 97.4 Å². The monoisotopic (exact) mass is 239 g/mol. The van der Waals surface area contributed by atoms with Crippen LogP contribution < -0.4 is 5.32 Å². The van der Waals surface area contributed by atoms with Crippen molar-refractivity contribution in [2.45, 2.75) is 12.0 Å². The Morgan fingerprint density at radius 1 is 1.65 bits per heavy atom. The van der Waals surface area contributed by atoms with Crippen LogP contribution >= 0.6 is 0 Å². The lowest BCUT2D eigenvalue weighted by molar-refractivity contribution is -0.144. The summed E-state index contributed by atoms with van der Waals surface area (Å²) in [6, 6.07) is 0. The first-order valence-corrected chi connectivity index (χ1v) is 5.15. The van der Waals surface area contributed by atoms with Crippen molar-refractivity contribution >= 4 is 11.9 Å². The Morgan fingerprint density at radius 3 is 2.88 bits per heavy atom. The number of hydrogen-bond acceptors (Lipinski definition) is 4. The van der Waals surface area contributed by atoms with Crippen molar-refractivity contribution < 1.29 is 19.4 Å². The second kappa shape index (κ2) is 4.17. The van der Waals surface area contributed by atoms with Gasteiger partial charge in [0.25, 0.3) is 5.91 Å². The zero-order valence-corrected chi connectivity index (χ0v) is 9.34. The van der Waals surface area contributed by atoms with Crippen LogP contribution in [0.3, 0.4) is 0 Å². The highest BCUT2D eigenvalue weighted by molar-refractivity contribution is 5.96. The fourth-order valence-electron chi connectivity index (χ4n) is 1.70. The van der Waals surface area contributed by atoms with Gasteiger partial charge in [-0.25, -0.2) is 9.78 Å². The van der Waals surface area contributed by atoms with E-state index in [4.69, 9.17) is 9.84 Å². The van der Waals surface area contributed by atoms with Gasteiger partial charge < -0.3 is 19.7 Å². The second-order valence-corrected chi connectivity index (χ2v) is 4.07. The van der Waals surface area contributed by atoms with Crippen molar-refractivity contribution in [1.29, 1.82) is 0 Å². The van der Waals surface area contributed by atoms with E-state index in [1.165, 1.54) is 12.5 Å². The highest BCUT2D eigenvalue weighted by Gasteiger charge is 2.44. The number of carbonyl (C=O) groups is 2. The van der Waals surface area contributed by atoms with Gasteiger partial charge in [-0.2, -0.15) is 0 Å². The molecule has 1 atom stereocenters. The van der Waals surface area contributed by atoms with Crippen LogP contribution in [0.15, 0.2) is 12.5 Å². The third-order valence-electron chi connectivity index (χ3n) is 2.72. The van der Waals surface area contributed by atoms with Gasteiger partial charge >= 0.3 is 5.97 Å². The summed E-state index contributed by atoms with van der Waals surface area (Å²) in [5.74, 6) is -1.59. The van der Waals surface area contributed by atoms with Crippen LogP contribution in [0.25, 0.3) is 0 Å². The van der Waals surface area contributed by atoms with Crippen LogP contribution in [0.4, 0.5) is 0 Å². The SMILES string of the molecule is Cn1cnc(C(=O)NC2(C(=O)O)CCOC2)c1. The van der Waals surface area contributed by atoms with Crippen LogP contribution in [0, 0.1) is 0 Å². The summed E-state index contributed by atoms with van der Waals surface area (Å²) in [5, 5.41) is 11.6. The Hall–Kier alpha value is -1.89. The van der Waals surface area contributed by atoms with Gasteiger partial charge in [0.15, 0.2) is 5.54 Å². The first kappa shape index (κ1) is 11.6. The van der Waals surface area contributed by atoms with E-state index in [2.05, 4.69) is 10.3 Å². The Balaban J connectivity index is 2.14. The topological polar surface area (TPSA) is 93.5 Å². The van der Waals surface area contributed by atoms with Crippen molar-refractivity contribution in [3.63, 3.8) is 0 Å². The molecule has 1 aliphatic rings. The number of carboxylic acids is 1. The molecule has 0 radical (unpaired) electrons. The summed E-state index contributed by atoms with van der Waals surface area (Å²) in [4.78, 5) is 26.9. The van der Waals surface area contributed by atoms with E-state index in [1.54, 1.807) is 11.6 Å². The largest absolute Gasteiger partial charge is 0.479 e. The number of aliphatic carboxylic acids is 1. The molecule has 7 heteroatoms. The Bertz CT molecular complexity index is 448. The molecule has 2 rings (SSSR count). The first-order chi connectivity index (χ1) is 8.03. The number of aryl methyl sites for hydroxylation is 1. The number of carboxylic acid groups (broad SMARTS) is 1. The summed E-state index contributed by atoms with van der Waals surface area (Å²) < 4.78 is 6.66. The molecule has 1 amide bonds. The van der Waals surface area contributed by atoms with Crippen LogP contribution in [-0.2, 0) is 16.6 Å². The zero-order chi connectivity index (χ0) is 12.5. The van der Waals surface area contributed by atoms with E-state index in [0.717, 1.165) is 0 Å². The van der Waals surface area contributed by atoms with Crippen LogP contribution in [0.2, 0.25) is 0 Å². The predicted octanol–water partition coefficient (Wildman–Crippen LogP) is -0.606. The Morgan fingerprint density at radius 2 is 2.41 bits per heavy atom. The molecule has 1 unspecified atom stereocenters. The number of imidazole rings is 1. The van der Waals surface area contributed by atoms with Gasteiger partial charge in [0, 0.05) is 26.3 Å². The standard InChI is InChI=1S/C10H13N3O4/c1-13-4-7(11-6-13)8(14)12-10(9(15)16)2-3-17-5-10/h4,6H,2-3,5H2,1H3,(H,12,14)(H,15,16). The minimum absolute atomic E-state index is 0.0130. The molecule has 17 heavy (non-hydrogen) atoms. The molecule has 0 spiro atoms. The maximum Gasteiger partial charge on any atom is 0.331 e. The number of hydrogen-bond donors (Lipinski definition) is 2. The van der Waals surface area contributed by atoms with E-state index >= 15 is 0 Å². The lowest BCUT2D eigenvalue weighted by Gasteiger charge is -2.22. The molecule has 1 aromatic heterocycles. The second-order valence-electron chi connectivity index (χ2n) is 4.07. The molecular weight excluding hydrogens is 226 g/mol. The number of rotatable bonds is 3. The number of aromatic nitrogens is 2. The van der Waals surface area contributed by atoms with Crippen LogP contribution in [0.5, 0.6) is 0 Å². The average molecular weight is 239 g/mol. The number of nitrogens with zero attached hydrogens (tertiary/aromatic N) is 2. The minimum atomic E-state index is -1.32. The third kappa shape index (κ3) is 2.14. The van der Waals surface area contributed by atoms with E-state index in [-0.39, 0.29) is 18.7 Å². The molecule has 0 aromatic carbocycles. The van der Waals surface area contributed by atoms with Crippen molar-refractivity contribution in [3.05, 3.63) is 18.2 Å². The van der Waals surface area contributed by atoms with Gasteiger partial charge in [-0.3, -0.25) is 4.79 Å². The lowest BCUT2D eigenvalue weighted by Crippen LogP contribution is -2.55. The van der Waals surface area contributed by atoms with Gasteiger partial charge in [0.2, 0.25) is 0 Å². The Kier molecular flexibility index (Phi) is 2.84. The van der Waals surface area contributed by atoms with E-state index < -0.39 is 17.4 Å². The number of amides is 1. The maximum absolute atomic E-state index is 11.8. The van der Waals surface area contributed by atoms with Gasteiger partial charge in [-0.1, -0.05) is 0 Å². The molecule has 1 fully saturated rings. The number of carbonyl (C=O) groups excluding carboxylic acids is 1. The quantitative estimate of drug-likeness (QED) is 0.734. The van der Waals surface area contributed by atoms with E-state index in [0.29, 0.717) is 6.61 Å². The summed E-state index contributed by atoms with van der Waals surface area (Å²) in [5.41, 5.74) is -1.13. The van der Waals surface area contributed by atoms with Crippen molar-refractivity contribution in [2.24, 2.45) is 7.05 Å². The smallest absolute Gasteiger partial charge is 0.331 e. The van der Waals surface area contributed by atoms with Crippen molar-refractivity contribution in [2.75, 3.05) is 13.2 Å². The number of ether oxygens (including phenoxy) is 1.